The van der Waals surface area contributed by atoms with Crippen molar-refractivity contribution in [1.82, 2.24) is 10.2 Å². The Morgan fingerprint density at radius 1 is 1.38 bits per heavy atom. The number of rotatable bonds is 2. The van der Waals surface area contributed by atoms with Crippen LogP contribution in [-0.4, -0.2) is 10.2 Å². The monoisotopic (exact) mass is 320 g/mol. The minimum Gasteiger partial charge on any atom is -0.419 e. The Bertz CT molecular complexity index is 513. The Kier molecular flexibility index (Phi) is 3.52. The molecule has 1 aromatic heterocycles. The van der Waals surface area contributed by atoms with Crippen molar-refractivity contribution in [2.24, 2.45) is 0 Å². The van der Waals surface area contributed by atoms with Crippen molar-refractivity contribution < 1.29 is 4.42 Å². The number of aromatic nitrogens is 2. The zero-order chi connectivity index (χ0) is 11.7. The molecule has 0 saturated carbocycles. The quantitative estimate of drug-likeness (QED) is 0.767. The molecule has 0 N–H and O–H groups in total. The molecule has 0 amide bonds. The van der Waals surface area contributed by atoms with E-state index in [1.807, 2.05) is 6.07 Å². The molecule has 2 rings (SSSR count). The van der Waals surface area contributed by atoms with Gasteiger partial charge in [-0.05, 0) is 41.1 Å². The van der Waals surface area contributed by atoms with E-state index >= 15 is 0 Å². The molecule has 6 heteroatoms. The van der Waals surface area contributed by atoms with Crippen molar-refractivity contribution in [1.29, 1.82) is 0 Å². The first kappa shape index (κ1) is 11.9. The molecule has 0 aliphatic rings. The fourth-order valence-corrected chi connectivity index (χ4v) is 2.11. The molecule has 0 aliphatic carbocycles. The molecule has 1 aromatic carbocycles. The van der Waals surface area contributed by atoms with E-state index in [-0.39, 0.29) is 5.38 Å². The zero-order valence-corrected chi connectivity index (χ0v) is 11.3. The van der Waals surface area contributed by atoms with Crippen LogP contribution in [0, 0.1) is 0 Å². The van der Waals surface area contributed by atoms with E-state index in [4.69, 9.17) is 27.6 Å². The molecule has 0 saturated heterocycles. The number of hydrogen-bond acceptors (Lipinski definition) is 3. The van der Waals surface area contributed by atoms with E-state index in [1.54, 1.807) is 19.1 Å². The minimum atomic E-state index is -0.299. The van der Waals surface area contributed by atoms with Crippen LogP contribution in [-0.2, 0) is 0 Å². The lowest BCUT2D eigenvalue weighted by Gasteiger charge is -1.99. The summed E-state index contributed by atoms with van der Waals surface area (Å²) >= 11 is 15.1. The number of nitrogens with zero attached hydrogens (tertiary/aromatic N) is 2. The van der Waals surface area contributed by atoms with E-state index < -0.39 is 0 Å². The second-order valence-electron chi connectivity index (χ2n) is 3.19. The summed E-state index contributed by atoms with van der Waals surface area (Å²) in [6.07, 6.45) is 0. The minimum absolute atomic E-state index is 0.299. The van der Waals surface area contributed by atoms with Crippen LogP contribution in [0.25, 0.3) is 11.5 Å². The molecular weight excluding hydrogens is 315 g/mol. The molecule has 84 valence electrons. The maximum Gasteiger partial charge on any atom is 0.248 e. The van der Waals surface area contributed by atoms with E-state index in [1.165, 1.54) is 0 Å². The third-order valence-corrected chi connectivity index (χ3v) is 3.02. The van der Waals surface area contributed by atoms with Crippen LogP contribution in [0.2, 0.25) is 5.02 Å². The van der Waals surface area contributed by atoms with Gasteiger partial charge in [0, 0.05) is 9.50 Å². The predicted octanol–water partition coefficient (Wildman–Crippen LogP) is 4.45. The first-order chi connectivity index (χ1) is 7.58. The maximum atomic E-state index is 5.84. The van der Waals surface area contributed by atoms with Crippen molar-refractivity contribution in [2.45, 2.75) is 12.3 Å². The highest BCUT2D eigenvalue weighted by molar-refractivity contribution is 9.10. The molecule has 0 bridgehead atoms. The van der Waals surface area contributed by atoms with Crippen LogP contribution in [0.15, 0.2) is 27.1 Å². The summed E-state index contributed by atoms with van der Waals surface area (Å²) in [4.78, 5) is 0. The van der Waals surface area contributed by atoms with Crippen LogP contribution >= 0.6 is 39.1 Å². The summed E-state index contributed by atoms with van der Waals surface area (Å²) in [5.74, 6) is 0.824. The standard InChI is InChI=1S/C10H7BrCl2N2O/c1-5(12)9-14-15-10(16-9)7-3-2-6(13)4-8(7)11/h2-5H,1H3. The zero-order valence-electron chi connectivity index (χ0n) is 8.25. The van der Waals surface area contributed by atoms with Crippen LogP contribution < -0.4 is 0 Å². The van der Waals surface area contributed by atoms with E-state index in [9.17, 15) is 0 Å². The molecule has 0 radical (unpaired) electrons. The number of hydrogen-bond donors (Lipinski definition) is 0. The van der Waals surface area contributed by atoms with Gasteiger partial charge in [-0.1, -0.05) is 11.6 Å². The summed E-state index contributed by atoms with van der Waals surface area (Å²) in [5.41, 5.74) is 0.792. The van der Waals surface area contributed by atoms with Crippen molar-refractivity contribution in [3.8, 4) is 11.5 Å². The highest BCUT2D eigenvalue weighted by atomic mass is 79.9. The first-order valence-corrected chi connectivity index (χ1v) is 6.11. The molecule has 0 spiro atoms. The van der Waals surface area contributed by atoms with Gasteiger partial charge < -0.3 is 4.42 Å². The molecule has 1 heterocycles. The van der Waals surface area contributed by atoms with Gasteiger partial charge in [-0.15, -0.1) is 21.8 Å². The van der Waals surface area contributed by atoms with Crippen molar-refractivity contribution >= 4 is 39.1 Å². The van der Waals surface area contributed by atoms with Gasteiger partial charge in [-0.2, -0.15) is 0 Å². The van der Waals surface area contributed by atoms with Crippen LogP contribution in [0.1, 0.15) is 18.2 Å². The normalized spacial score (nSPS) is 12.8. The summed E-state index contributed by atoms with van der Waals surface area (Å²) < 4.78 is 6.23. The van der Waals surface area contributed by atoms with Gasteiger partial charge in [0.1, 0.15) is 5.38 Å². The fourth-order valence-electron chi connectivity index (χ4n) is 1.17. The lowest BCUT2D eigenvalue weighted by Crippen LogP contribution is -1.81. The van der Waals surface area contributed by atoms with Gasteiger partial charge in [0.25, 0.3) is 0 Å². The second kappa shape index (κ2) is 4.73. The van der Waals surface area contributed by atoms with Crippen molar-refractivity contribution in [2.75, 3.05) is 0 Å². The average molecular weight is 322 g/mol. The summed E-state index contributed by atoms with van der Waals surface area (Å²) in [7, 11) is 0. The Balaban J connectivity index is 2.42. The molecule has 1 atom stereocenters. The molecule has 1 unspecified atom stereocenters. The van der Waals surface area contributed by atoms with Crippen LogP contribution in [0.5, 0.6) is 0 Å². The van der Waals surface area contributed by atoms with Gasteiger partial charge in [0.2, 0.25) is 11.8 Å². The molecule has 2 aromatic rings. The SMILES string of the molecule is CC(Cl)c1nnc(-c2ccc(Cl)cc2Br)o1. The topological polar surface area (TPSA) is 38.9 Å². The van der Waals surface area contributed by atoms with Gasteiger partial charge in [-0.25, -0.2) is 0 Å². The predicted molar refractivity (Wildman–Crippen MR) is 66.7 cm³/mol. The molecule has 16 heavy (non-hydrogen) atoms. The Morgan fingerprint density at radius 3 is 2.69 bits per heavy atom. The van der Waals surface area contributed by atoms with Crippen molar-refractivity contribution in [3.05, 3.63) is 33.6 Å². The highest BCUT2D eigenvalue weighted by Crippen LogP contribution is 2.31. The summed E-state index contributed by atoms with van der Waals surface area (Å²) in [5, 5.41) is 8.12. The lowest BCUT2D eigenvalue weighted by atomic mass is 10.2. The van der Waals surface area contributed by atoms with Gasteiger partial charge in [-0.3, -0.25) is 0 Å². The van der Waals surface area contributed by atoms with E-state index in [2.05, 4.69) is 26.1 Å². The third-order valence-electron chi connectivity index (χ3n) is 1.94. The third kappa shape index (κ3) is 2.39. The van der Waals surface area contributed by atoms with Gasteiger partial charge in [0.15, 0.2) is 0 Å². The number of benzene rings is 1. The van der Waals surface area contributed by atoms with Crippen LogP contribution in [0.4, 0.5) is 0 Å². The Morgan fingerprint density at radius 2 is 2.12 bits per heavy atom. The largest absolute Gasteiger partial charge is 0.419 e. The summed E-state index contributed by atoms with van der Waals surface area (Å²) in [6, 6.07) is 5.34. The van der Waals surface area contributed by atoms with Crippen LogP contribution in [0.3, 0.4) is 0 Å². The Hall–Kier alpha value is -0.580. The molecule has 3 nitrogen and oxygen atoms in total. The van der Waals surface area contributed by atoms with E-state index in [0.717, 1.165) is 10.0 Å². The van der Waals surface area contributed by atoms with E-state index in [0.29, 0.717) is 16.8 Å². The van der Waals surface area contributed by atoms with Gasteiger partial charge >= 0.3 is 0 Å². The summed E-state index contributed by atoms with van der Waals surface area (Å²) in [6.45, 7) is 1.77. The first-order valence-electron chi connectivity index (χ1n) is 4.51. The number of halogens is 3. The lowest BCUT2D eigenvalue weighted by molar-refractivity contribution is 0.507. The molecular formula is C10H7BrCl2N2O. The highest BCUT2D eigenvalue weighted by Gasteiger charge is 2.14. The molecule has 0 aliphatic heterocycles. The molecule has 0 fully saturated rings. The maximum absolute atomic E-state index is 5.84. The second-order valence-corrected chi connectivity index (χ2v) is 5.13. The Labute approximate surface area is 111 Å². The number of alkyl halides is 1. The van der Waals surface area contributed by atoms with Crippen molar-refractivity contribution in [3.63, 3.8) is 0 Å². The average Bonchev–Trinajstić information content (AvgIpc) is 2.66. The smallest absolute Gasteiger partial charge is 0.248 e. The fraction of sp³-hybridized carbons (Fsp3) is 0.200. The van der Waals surface area contributed by atoms with Gasteiger partial charge in [0.05, 0.1) is 5.56 Å².